The highest BCUT2D eigenvalue weighted by molar-refractivity contribution is 7.25. The molecule has 2 N–H and O–H groups in total. The van der Waals surface area contributed by atoms with Crippen LogP contribution in [0.25, 0.3) is 20.4 Å². The number of non-ortho nitro benzene ring substituents is 1. The summed E-state index contributed by atoms with van der Waals surface area (Å²) in [6, 6.07) is 0. The lowest BCUT2D eigenvalue weighted by Crippen LogP contribution is -2.32. The molecule has 11 nitrogen and oxygen atoms in total. The van der Waals surface area contributed by atoms with Gasteiger partial charge in [0.15, 0.2) is 10.3 Å². The minimum atomic E-state index is -0.514. The van der Waals surface area contributed by atoms with E-state index in [1.54, 1.807) is 0 Å². The van der Waals surface area contributed by atoms with Crippen molar-refractivity contribution in [1.29, 1.82) is 0 Å². The van der Waals surface area contributed by atoms with E-state index in [0.29, 0.717) is 0 Å². The molecule has 2 heterocycles. The number of likely N-dealkylation sites (N-methyl/N-ethyl adjacent to an activating group) is 2. The fourth-order valence-electron chi connectivity index (χ4n) is 3.37. The molecule has 0 aliphatic carbocycles. The highest BCUT2D eigenvalue weighted by atomic mass is 35.5. The number of fused-ring (bicyclic) bond motifs is 2. The number of rotatable bonds is 11. The van der Waals surface area contributed by atoms with E-state index in [0.717, 1.165) is 48.9 Å². The minimum absolute atomic E-state index is 0.136. The largest absolute Gasteiger partial charge is 0.308 e. The number of thiazole rings is 2. The fourth-order valence-corrected chi connectivity index (χ4v) is 5.84. The number of halogens is 1. The molecule has 0 bridgehead atoms. The van der Waals surface area contributed by atoms with Crippen molar-refractivity contribution in [2.24, 2.45) is 0 Å². The van der Waals surface area contributed by atoms with E-state index in [4.69, 9.17) is 11.6 Å². The predicted octanol–water partition coefficient (Wildman–Crippen LogP) is 4.03. The second kappa shape index (κ2) is 11.3. The number of nitro groups is 1. The summed E-state index contributed by atoms with van der Waals surface area (Å²) in [6.45, 7) is 11.1. The first-order chi connectivity index (χ1) is 16.2. The monoisotopic (exact) mass is 527 g/mol. The molecule has 14 heteroatoms. The van der Waals surface area contributed by atoms with Gasteiger partial charge in [0.2, 0.25) is 11.8 Å². The van der Waals surface area contributed by atoms with Gasteiger partial charge in [0, 0.05) is 0 Å². The van der Waals surface area contributed by atoms with Gasteiger partial charge in [0.25, 0.3) is 0 Å². The van der Waals surface area contributed by atoms with Crippen LogP contribution in [0, 0.1) is 10.1 Å². The van der Waals surface area contributed by atoms with Gasteiger partial charge in [0.05, 0.1) is 23.0 Å². The van der Waals surface area contributed by atoms with E-state index in [1.807, 2.05) is 37.5 Å². The number of carbonyl (C=O) groups excluding carboxylic acids is 2. The van der Waals surface area contributed by atoms with Crippen LogP contribution in [0.4, 0.5) is 16.0 Å². The normalized spacial score (nSPS) is 11.6. The van der Waals surface area contributed by atoms with Crippen molar-refractivity contribution in [2.75, 3.05) is 49.9 Å². The quantitative estimate of drug-likeness (QED) is 0.282. The number of nitrogens with zero attached hydrogens (tertiary/aromatic N) is 5. The van der Waals surface area contributed by atoms with Crippen LogP contribution < -0.4 is 10.6 Å². The molecule has 34 heavy (non-hydrogen) atoms. The van der Waals surface area contributed by atoms with Gasteiger partial charge in [-0.1, -0.05) is 62.0 Å². The molecule has 0 spiro atoms. The van der Waals surface area contributed by atoms with E-state index in [2.05, 4.69) is 20.6 Å². The summed E-state index contributed by atoms with van der Waals surface area (Å²) >= 11 is 8.51. The molecule has 2 aromatic heterocycles. The van der Waals surface area contributed by atoms with Gasteiger partial charge in [-0.05, 0) is 26.2 Å². The minimum Gasteiger partial charge on any atom is -0.301 e. The lowest BCUT2D eigenvalue weighted by molar-refractivity contribution is -0.380. The van der Waals surface area contributed by atoms with E-state index in [9.17, 15) is 19.7 Å². The first-order valence-electron chi connectivity index (χ1n) is 10.8. The van der Waals surface area contributed by atoms with Crippen molar-refractivity contribution >= 4 is 82.5 Å². The van der Waals surface area contributed by atoms with Crippen LogP contribution in [0.3, 0.4) is 0 Å². The van der Waals surface area contributed by atoms with Crippen molar-refractivity contribution in [2.45, 2.75) is 27.7 Å². The Hall–Kier alpha value is -2.45. The second-order valence-electron chi connectivity index (χ2n) is 7.33. The van der Waals surface area contributed by atoms with E-state index < -0.39 is 4.92 Å². The molecule has 1 aromatic carbocycles. The van der Waals surface area contributed by atoms with Crippen LogP contribution in [0.1, 0.15) is 27.7 Å². The van der Waals surface area contributed by atoms with Gasteiger partial charge in [-0.3, -0.25) is 29.5 Å². The second-order valence-corrected chi connectivity index (χ2v) is 9.71. The third-order valence-electron chi connectivity index (χ3n) is 5.30. The van der Waals surface area contributed by atoms with Crippen molar-refractivity contribution in [3.05, 3.63) is 15.1 Å². The van der Waals surface area contributed by atoms with E-state index in [-0.39, 0.29) is 66.3 Å². The number of hydrogen-bond acceptors (Lipinski definition) is 10. The molecular weight excluding hydrogens is 502 g/mol. The Bertz CT molecular complexity index is 1140. The molecule has 184 valence electrons. The summed E-state index contributed by atoms with van der Waals surface area (Å²) in [5, 5.41) is 18.0. The Morgan fingerprint density at radius 2 is 1.26 bits per heavy atom. The van der Waals surface area contributed by atoms with Gasteiger partial charge in [0.1, 0.15) is 20.4 Å². The lowest BCUT2D eigenvalue weighted by atomic mass is 10.2. The predicted molar refractivity (Wildman–Crippen MR) is 137 cm³/mol. The van der Waals surface area contributed by atoms with Gasteiger partial charge in [-0.15, -0.1) is 0 Å². The molecule has 3 rings (SSSR count). The summed E-state index contributed by atoms with van der Waals surface area (Å²) in [7, 11) is 0. The Morgan fingerprint density at radius 1 is 0.882 bits per heavy atom. The average molecular weight is 528 g/mol. The van der Waals surface area contributed by atoms with E-state index >= 15 is 0 Å². The highest BCUT2D eigenvalue weighted by Gasteiger charge is 2.28. The SMILES string of the molecule is CCN(CC)CC(=O)Nc1nc2c(Cl)c3nc(NC(=O)CN(CC)CC)sc3c([N+](=O)[O-])c2s1. The zero-order chi connectivity index (χ0) is 25.0. The number of carbonyl (C=O) groups is 2. The third-order valence-corrected chi connectivity index (χ3v) is 7.61. The first-order valence-corrected chi connectivity index (χ1v) is 12.8. The van der Waals surface area contributed by atoms with Crippen LogP contribution >= 0.6 is 34.3 Å². The number of hydrogen-bond donors (Lipinski definition) is 2. The number of nitro benzene ring substituents is 1. The fraction of sp³-hybridized carbons (Fsp3) is 0.500. The zero-order valence-corrected chi connectivity index (χ0v) is 21.7. The molecule has 0 radical (unpaired) electrons. The standard InChI is InChI=1S/C20H26ClN7O4S2/c1-5-26(6-2)9-11(29)22-19-24-14-13(21)15-18(16(28(31)32)17(14)33-19)34-20(25-15)23-12(30)10-27(7-3)8-4/h5-10H2,1-4H3,(H,22,24,29)(H,23,25,30). The lowest BCUT2D eigenvalue weighted by Gasteiger charge is -2.16. The molecule has 0 saturated heterocycles. The molecule has 0 fully saturated rings. The number of amides is 2. The van der Waals surface area contributed by atoms with Crippen molar-refractivity contribution in [3.63, 3.8) is 0 Å². The van der Waals surface area contributed by atoms with Crippen LogP contribution in [-0.2, 0) is 9.59 Å². The van der Waals surface area contributed by atoms with Gasteiger partial charge in [-0.25, -0.2) is 9.97 Å². The Labute approximate surface area is 209 Å². The summed E-state index contributed by atoms with van der Waals surface area (Å²) in [4.78, 5) is 48.8. The number of anilines is 2. The molecule has 3 aromatic rings. The highest BCUT2D eigenvalue weighted by Crippen LogP contribution is 2.46. The molecule has 0 saturated carbocycles. The molecule has 0 atom stereocenters. The van der Waals surface area contributed by atoms with Crippen LogP contribution in [0.2, 0.25) is 5.02 Å². The van der Waals surface area contributed by atoms with E-state index in [1.165, 1.54) is 0 Å². The van der Waals surface area contributed by atoms with Gasteiger partial charge >= 0.3 is 5.69 Å². The van der Waals surface area contributed by atoms with Gasteiger partial charge < -0.3 is 10.6 Å². The number of benzene rings is 1. The van der Waals surface area contributed by atoms with Crippen LogP contribution in [0.5, 0.6) is 0 Å². The maximum absolute atomic E-state index is 12.4. The summed E-state index contributed by atoms with van der Waals surface area (Å²) in [5.41, 5.74) is 0.184. The average Bonchev–Trinajstić information content (AvgIpc) is 3.40. The maximum atomic E-state index is 12.4. The topological polar surface area (TPSA) is 134 Å². The van der Waals surface area contributed by atoms with Gasteiger partial charge in [-0.2, -0.15) is 0 Å². The molecule has 0 aliphatic heterocycles. The van der Waals surface area contributed by atoms with Crippen LogP contribution in [0.15, 0.2) is 0 Å². The molecular formula is C20H26ClN7O4S2. The first kappa shape index (κ1) is 26.2. The number of nitrogens with one attached hydrogen (secondary N) is 2. The summed E-state index contributed by atoms with van der Waals surface area (Å²) in [5.74, 6) is -0.528. The Morgan fingerprint density at radius 3 is 1.59 bits per heavy atom. The summed E-state index contributed by atoms with van der Waals surface area (Å²) < 4.78 is 0.482. The van der Waals surface area contributed by atoms with Crippen molar-refractivity contribution in [1.82, 2.24) is 19.8 Å². The molecule has 2 amide bonds. The zero-order valence-electron chi connectivity index (χ0n) is 19.3. The van der Waals surface area contributed by atoms with Crippen molar-refractivity contribution in [3.8, 4) is 0 Å². The smallest absolute Gasteiger partial charge is 0.301 e. The third kappa shape index (κ3) is 5.61. The molecule has 0 aliphatic rings. The maximum Gasteiger partial charge on any atom is 0.308 e. The van der Waals surface area contributed by atoms with Crippen molar-refractivity contribution < 1.29 is 14.5 Å². The Balaban J connectivity index is 1.96. The molecule has 0 unspecified atom stereocenters. The Kier molecular flexibility index (Phi) is 8.71. The van der Waals surface area contributed by atoms with Crippen LogP contribution in [-0.4, -0.2) is 75.8 Å². The number of aromatic nitrogens is 2. The summed E-state index contributed by atoms with van der Waals surface area (Å²) in [6.07, 6.45) is 0.